The van der Waals surface area contributed by atoms with Crippen LogP contribution in [0, 0.1) is 5.92 Å². The molecule has 0 unspecified atom stereocenters. The summed E-state index contributed by atoms with van der Waals surface area (Å²) in [6.45, 7) is 5.22. The van der Waals surface area contributed by atoms with Gasteiger partial charge in [-0.3, -0.25) is 14.6 Å². The summed E-state index contributed by atoms with van der Waals surface area (Å²) in [5, 5.41) is 4.40. The summed E-state index contributed by atoms with van der Waals surface area (Å²) in [6, 6.07) is 11.5. The van der Waals surface area contributed by atoms with E-state index in [2.05, 4.69) is 33.3 Å². The van der Waals surface area contributed by atoms with Crippen LogP contribution in [0.1, 0.15) is 44.3 Å². The van der Waals surface area contributed by atoms with E-state index in [1.54, 1.807) is 0 Å². The topological polar surface area (TPSA) is 48.7 Å². The predicted molar refractivity (Wildman–Crippen MR) is 110 cm³/mol. The van der Waals surface area contributed by atoms with E-state index in [4.69, 9.17) is 4.42 Å². The minimum atomic E-state index is 0.197. The Hall–Kier alpha value is -1.85. The molecule has 1 aliphatic carbocycles. The molecule has 1 aromatic carbocycles. The Bertz CT molecular complexity index is 787. The molecule has 1 atom stereocenters. The first kappa shape index (κ1) is 18.2. The lowest BCUT2D eigenvalue weighted by Crippen LogP contribution is -2.50. The molecule has 2 aliphatic heterocycles. The van der Waals surface area contributed by atoms with E-state index in [9.17, 15) is 4.79 Å². The smallest absolute Gasteiger partial charge is 0.224 e. The van der Waals surface area contributed by atoms with Crippen molar-refractivity contribution in [2.75, 3.05) is 26.2 Å². The van der Waals surface area contributed by atoms with Crippen molar-refractivity contribution in [2.45, 2.75) is 57.2 Å². The highest BCUT2D eigenvalue weighted by Crippen LogP contribution is 2.27. The van der Waals surface area contributed by atoms with Gasteiger partial charge >= 0.3 is 0 Å². The lowest BCUT2D eigenvalue weighted by atomic mass is 9.93. The maximum absolute atomic E-state index is 12.4. The molecule has 3 fully saturated rings. The van der Waals surface area contributed by atoms with Crippen molar-refractivity contribution in [3.8, 4) is 0 Å². The zero-order chi connectivity index (χ0) is 18.9. The molecular formula is C23H31N3O2. The fraction of sp³-hybridized carbons (Fsp3) is 0.609. The summed E-state index contributed by atoms with van der Waals surface area (Å²) in [5.41, 5.74) is 0.983. The molecule has 2 saturated heterocycles. The van der Waals surface area contributed by atoms with Crippen molar-refractivity contribution < 1.29 is 9.21 Å². The molecule has 5 rings (SSSR count). The lowest BCUT2D eigenvalue weighted by molar-refractivity contribution is -0.127. The molecule has 0 bridgehead atoms. The van der Waals surface area contributed by atoms with Crippen molar-refractivity contribution in [3.63, 3.8) is 0 Å². The number of carbonyl (C=O) groups is 1. The second-order valence-corrected chi connectivity index (χ2v) is 8.87. The molecule has 1 saturated carbocycles. The van der Waals surface area contributed by atoms with Crippen molar-refractivity contribution in [3.05, 3.63) is 36.1 Å². The molecule has 0 radical (unpaired) electrons. The fourth-order valence-corrected chi connectivity index (χ4v) is 4.88. The number of hydrogen-bond acceptors (Lipinski definition) is 4. The molecule has 3 aliphatic rings. The van der Waals surface area contributed by atoms with Crippen LogP contribution in [0.15, 0.2) is 34.7 Å². The number of piperidine rings is 2. The van der Waals surface area contributed by atoms with Crippen LogP contribution in [0.2, 0.25) is 0 Å². The minimum Gasteiger partial charge on any atom is -0.460 e. The number of rotatable bonds is 5. The first-order valence-corrected chi connectivity index (χ1v) is 11.0. The summed E-state index contributed by atoms with van der Waals surface area (Å²) >= 11 is 0. The van der Waals surface area contributed by atoms with Crippen molar-refractivity contribution in [1.29, 1.82) is 0 Å². The van der Waals surface area contributed by atoms with Gasteiger partial charge in [0.05, 0.1) is 12.5 Å². The van der Waals surface area contributed by atoms with Crippen LogP contribution in [0.25, 0.3) is 11.0 Å². The average molecular weight is 382 g/mol. The first-order valence-electron chi connectivity index (χ1n) is 11.0. The van der Waals surface area contributed by atoms with Gasteiger partial charge in [-0.25, -0.2) is 0 Å². The van der Waals surface area contributed by atoms with Crippen LogP contribution in [-0.4, -0.2) is 54.0 Å². The number of furan rings is 1. The quantitative estimate of drug-likeness (QED) is 0.863. The summed E-state index contributed by atoms with van der Waals surface area (Å²) < 4.78 is 5.99. The van der Waals surface area contributed by atoms with Gasteiger partial charge in [-0.05, 0) is 57.2 Å². The van der Waals surface area contributed by atoms with Crippen LogP contribution in [0.4, 0.5) is 0 Å². The molecular weight excluding hydrogens is 350 g/mol. The Kier molecular flexibility index (Phi) is 5.12. The molecule has 1 amide bonds. The Labute approximate surface area is 167 Å². The average Bonchev–Trinajstić information content (AvgIpc) is 3.45. The monoisotopic (exact) mass is 381 g/mol. The van der Waals surface area contributed by atoms with Gasteiger partial charge in [0.25, 0.3) is 0 Å². The third-order valence-electron chi connectivity index (χ3n) is 6.68. The van der Waals surface area contributed by atoms with Crippen LogP contribution in [-0.2, 0) is 11.3 Å². The van der Waals surface area contributed by atoms with Crippen LogP contribution >= 0.6 is 0 Å². The van der Waals surface area contributed by atoms with Crippen LogP contribution in [0.5, 0.6) is 0 Å². The molecule has 5 nitrogen and oxygen atoms in total. The van der Waals surface area contributed by atoms with Gasteiger partial charge < -0.3 is 9.73 Å². The van der Waals surface area contributed by atoms with Gasteiger partial charge in [-0.1, -0.05) is 18.2 Å². The highest BCUT2D eigenvalue weighted by atomic mass is 16.3. The van der Waals surface area contributed by atoms with E-state index in [1.165, 1.54) is 31.1 Å². The number of para-hydroxylation sites is 1. The van der Waals surface area contributed by atoms with E-state index in [-0.39, 0.29) is 5.92 Å². The molecule has 28 heavy (non-hydrogen) atoms. The van der Waals surface area contributed by atoms with E-state index >= 15 is 0 Å². The maximum Gasteiger partial charge on any atom is 0.224 e. The molecule has 0 spiro atoms. The zero-order valence-electron chi connectivity index (χ0n) is 16.6. The first-order chi connectivity index (χ1) is 13.7. The molecule has 150 valence electrons. The lowest BCUT2D eigenvalue weighted by Gasteiger charge is -2.41. The van der Waals surface area contributed by atoms with Gasteiger partial charge in [-0.15, -0.1) is 0 Å². The number of carbonyl (C=O) groups excluding carboxylic acids is 1. The second kappa shape index (κ2) is 7.88. The second-order valence-electron chi connectivity index (χ2n) is 8.87. The Morgan fingerprint density at radius 2 is 1.89 bits per heavy atom. The molecule has 2 aromatic rings. The summed E-state index contributed by atoms with van der Waals surface area (Å²) in [5.74, 6) is 1.56. The Morgan fingerprint density at radius 1 is 1.07 bits per heavy atom. The number of fused-ring (bicyclic) bond motifs is 1. The number of hydrogen-bond donors (Lipinski definition) is 1. The third kappa shape index (κ3) is 4.11. The predicted octanol–water partition coefficient (Wildman–Crippen LogP) is 3.39. The molecule has 3 heterocycles. The van der Waals surface area contributed by atoms with Gasteiger partial charge in [0.15, 0.2) is 0 Å². The van der Waals surface area contributed by atoms with Crippen LogP contribution < -0.4 is 5.32 Å². The molecule has 1 aromatic heterocycles. The van der Waals surface area contributed by atoms with Gasteiger partial charge in [0.1, 0.15) is 11.3 Å². The van der Waals surface area contributed by atoms with E-state index in [1.807, 2.05) is 12.1 Å². The maximum atomic E-state index is 12.4. The summed E-state index contributed by atoms with van der Waals surface area (Å²) in [4.78, 5) is 17.6. The zero-order valence-corrected chi connectivity index (χ0v) is 16.6. The highest BCUT2D eigenvalue weighted by Gasteiger charge is 2.33. The Balaban J connectivity index is 1.12. The van der Waals surface area contributed by atoms with Crippen LogP contribution in [0.3, 0.4) is 0 Å². The van der Waals surface area contributed by atoms with Crippen molar-refractivity contribution in [2.24, 2.45) is 5.92 Å². The number of nitrogens with zero attached hydrogens (tertiary/aromatic N) is 2. The standard InChI is InChI=1S/C23H31N3O2/c27-23(24-19-7-8-19)18-5-3-11-26(15-18)20-9-12-25(13-10-20)16-21-14-17-4-1-2-6-22(17)28-21/h1-2,4,6,14,18-20H,3,5,7-13,15-16H2,(H,24,27)/t18-/m1/s1. The number of likely N-dealkylation sites (tertiary alicyclic amines) is 2. The molecule has 1 N–H and O–H groups in total. The summed E-state index contributed by atoms with van der Waals surface area (Å²) in [7, 11) is 0. The van der Waals surface area contributed by atoms with Gasteiger partial charge in [-0.2, -0.15) is 0 Å². The Morgan fingerprint density at radius 3 is 2.68 bits per heavy atom. The highest BCUT2D eigenvalue weighted by molar-refractivity contribution is 5.79. The fourth-order valence-electron chi connectivity index (χ4n) is 4.88. The van der Waals surface area contributed by atoms with E-state index in [0.717, 1.165) is 56.9 Å². The normalized spacial score (nSPS) is 25.2. The van der Waals surface area contributed by atoms with Gasteiger partial charge in [0.2, 0.25) is 5.91 Å². The van der Waals surface area contributed by atoms with Gasteiger partial charge in [0, 0.05) is 37.1 Å². The largest absolute Gasteiger partial charge is 0.460 e. The number of benzene rings is 1. The number of nitrogens with one attached hydrogen (secondary N) is 1. The molecule has 5 heteroatoms. The third-order valence-corrected chi connectivity index (χ3v) is 6.68. The van der Waals surface area contributed by atoms with Crippen molar-refractivity contribution >= 4 is 16.9 Å². The SMILES string of the molecule is O=C(NC1CC1)[C@@H]1CCCN(C2CCN(Cc3cc4ccccc4o3)CC2)C1. The summed E-state index contributed by atoms with van der Waals surface area (Å²) in [6.07, 6.45) is 6.94. The minimum absolute atomic E-state index is 0.197. The van der Waals surface area contributed by atoms with E-state index in [0.29, 0.717) is 18.0 Å². The van der Waals surface area contributed by atoms with Crippen molar-refractivity contribution in [1.82, 2.24) is 15.1 Å². The van der Waals surface area contributed by atoms with E-state index < -0.39 is 0 Å². The number of amides is 1.